The number of carbonyl (C=O) groups is 2. The zero-order chi connectivity index (χ0) is 18.4. The van der Waals surface area contributed by atoms with Crippen molar-refractivity contribution in [3.8, 4) is 0 Å². The lowest BCUT2D eigenvalue weighted by Gasteiger charge is -2.02. The van der Waals surface area contributed by atoms with E-state index in [1.165, 1.54) is 25.9 Å². The highest BCUT2D eigenvalue weighted by atomic mass is 32.2. The second-order valence-electron chi connectivity index (χ2n) is 4.27. The van der Waals surface area contributed by atoms with Crippen LogP contribution in [0.5, 0.6) is 0 Å². The van der Waals surface area contributed by atoms with E-state index in [1.54, 1.807) is 40.1 Å². The molecule has 0 aromatic heterocycles. The van der Waals surface area contributed by atoms with E-state index in [0.29, 0.717) is 0 Å². The maximum absolute atomic E-state index is 10.1. The Balaban J connectivity index is -0.0000000524. The highest BCUT2D eigenvalue weighted by Gasteiger charge is 1.87. The van der Waals surface area contributed by atoms with Gasteiger partial charge in [0.25, 0.3) is 0 Å². The minimum atomic E-state index is -0.245. The SMILES string of the molecule is CC(=O)N(C)C.CN(C)C.COC.COC(C)=O.CSC. The maximum atomic E-state index is 10.1. The first-order valence-corrected chi connectivity index (χ1v) is 7.75. The van der Waals surface area contributed by atoms with Crippen molar-refractivity contribution >= 4 is 23.6 Å². The molecule has 0 unspecified atom stereocenters. The van der Waals surface area contributed by atoms with Gasteiger partial charge in [-0.05, 0) is 33.7 Å². The van der Waals surface area contributed by atoms with Crippen molar-refractivity contribution in [3.05, 3.63) is 0 Å². The molecule has 0 rings (SSSR count). The van der Waals surface area contributed by atoms with Crippen molar-refractivity contribution in [2.45, 2.75) is 13.8 Å². The van der Waals surface area contributed by atoms with Gasteiger partial charge in [-0.25, -0.2) is 0 Å². The number of ether oxygens (including phenoxy) is 2. The van der Waals surface area contributed by atoms with Crippen LogP contribution in [0.15, 0.2) is 0 Å². The van der Waals surface area contributed by atoms with E-state index in [9.17, 15) is 9.59 Å². The molecule has 0 aliphatic rings. The van der Waals surface area contributed by atoms with E-state index in [4.69, 9.17) is 0 Å². The zero-order valence-corrected chi connectivity index (χ0v) is 16.8. The van der Waals surface area contributed by atoms with Crippen LogP contribution in [-0.4, -0.2) is 90.8 Å². The number of methoxy groups -OCH3 is 2. The lowest BCUT2D eigenvalue weighted by Crippen LogP contribution is -2.17. The summed E-state index contributed by atoms with van der Waals surface area (Å²) in [5, 5.41) is 0. The standard InChI is InChI=1S/C4H9NO.C3H9N.C3H6O2.C2H6O.C2H6S/c1-4(6)5(2)3;1-4(2)3;1-3(4)5-2;2*1-3-2/h1-3H3;1-3H3;1-2H3;2*1-2H3. The molecule has 0 saturated heterocycles. The molecule has 0 spiro atoms. The van der Waals surface area contributed by atoms with E-state index in [2.05, 4.69) is 9.47 Å². The Morgan fingerprint density at radius 2 is 0.952 bits per heavy atom. The highest BCUT2D eigenvalue weighted by molar-refractivity contribution is 7.97. The van der Waals surface area contributed by atoms with Crippen molar-refractivity contribution in [1.82, 2.24) is 9.80 Å². The summed E-state index contributed by atoms with van der Waals surface area (Å²) >= 11 is 1.75. The number of nitrogens with zero attached hydrogens (tertiary/aromatic N) is 2. The molecule has 0 aliphatic carbocycles. The zero-order valence-electron chi connectivity index (χ0n) is 15.9. The summed E-state index contributed by atoms with van der Waals surface area (Å²) in [7, 11) is 14.0. The third-order valence-electron chi connectivity index (χ3n) is 0.917. The molecular formula is C14H36N2O4S. The van der Waals surface area contributed by atoms with Crippen LogP contribution in [0.2, 0.25) is 0 Å². The number of esters is 1. The molecule has 132 valence electrons. The molecule has 0 aromatic rings. The average molecular weight is 329 g/mol. The van der Waals surface area contributed by atoms with Gasteiger partial charge in [0.15, 0.2) is 0 Å². The monoisotopic (exact) mass is 328 g/mol. The average Bonchev–Trinajstić information content (AvgIpc) is 2.30. The van der Waals surface area contributed by atoms with Gasteiger partial charge in [0.05, 0.1) is 7.11 Å². The topological polar surface area (TPSA) is 59.1 Å². The molecule has 0 aromatic carbocycles. The Bertz CT molecular complexity index is 197. The van der Waals surface area contributed by atoms with Crippen molar-refractivity contribution in [2.24, 2.45) is 0 Å². The van der Waals surface area contributed by atoms with Crippen molar-refractivity contribution < 1.29 is 19.1 Å². The summed E-state index contributed by atoms with van der Waals surface area (Å²) in [5.74, 6) is -0.153. The Morgan fingerprint density at radius 3 is 0.952 bits per heavy atom. The van der Waals surface area contributed by atoms with Crippen LogP contribution in [-0.2, 0) is 19.1 Å². The van der Waals surface area contributed by atoms with Gasteiger partial charge in [0.2, 0.25) is 5.91 Å². The van der Waals surface area contributed by atoms with Gasteiger partial charge < -0.3 is 19.3 Å². The molecule has 1 amide bonds. The minimum Gasteiger partial charge on any atom is -0.469 e. The van der Waals surface area contributed by atoms with Crippen LogP contribution in [0.3, 0.4) is 0 Å². The second-order valence-corrected chi connectivity index (χ2v) is 5.08. The van der Waals surface area contributed by atoms with Gasteiger partial charge in [-0.15, -0.1) is 0 Å². The Labute approximate surface area is 136 Å². The fraction of sp³-hybridized carbons (Fsp3) is 0.857. The summed E-state index contributed by atoms with van der Waals surface area (Å²) in [6.45, 7) is 2.89. The van der Waals surface area contributed by atoms with Gasteiger partial charge in [-0.3, -0.25) is 9.59 Å². The van der Waals surface area contributed by atoms with Crippen LogP contribution in [0, 0.1) is 0 Å². The van der Waals surface area contributed by atoms with E-state index in [0.717, 1.165) is 0 Å². The molecule has 0 heterocycles. The molecule has 0 radical (unpaired) electrons. The molecule has 6 nitrogen and oxygen atoms in total. The summed E-state index contributed by atoms with van der Waals surface area (Å²) in [6.07, 6.45) is 4.08. The van der Waals surface area contributed by atoms with Crippen LogP contribution in [0.1, 0.15) is 13.8 Å². The Hall–Kier alpha value is -0.790. The van der Waals surface area contributed by atoms with Crippen LogP contribution in [0.4, 0.5) is 0 Å². The molecule has 0 aliphatic heterocycles. The number of thioether (sulfide) groups is 1. The fourth-order valence-electron chi connectivity index (χ4n) is 0. The number of hydrogen-bond acceptors (Lipinski definition) is 6. The van der Waals surface area contributed by atoms with Gasteiger partial charge >= 0.3 is 5.97 Å². The summed E-state index contributed by atoms with van der Waals surface area (Å²) in [6, 6.07) is 0. The van der Waals surface area contributed by atoms with E-state index >= 15 is 0 Å². The second kappa shape index (κ2) is 31.5. The first-order chi connectivity index (χ1) is 9.47. The van der Waals surface area contributed by atoms with Crippen LogP contribution >= 0.6 is 11.8 Å². The minimum absolute atomic E-state index is 0.0926. The predicted molar refractivity (Wildman–Crippen MR) is 94.0 cm³/mol. The third kappa shape index (κ3) is 210. The summed E-state index contributed by atoms with van der Waals surface area (Å²) < 4.78 is 8.36. The predicted octanol–water partition coefficient (Wildman–Crippen LogP) is 1.69. The first-order valence-electron chi connectivity index (χ1n) is 6.11. The van der Waals surface area contributed by atoms with Gasteiger partial charge in [-0.1, -0.05) is 0 Å². The molecule has 0 saturated carbocycles. The Morgan fingerprint density at radius 1 is 0.857 bits per heavy atom. The number of hydrogen-bond donors (Lipinski definition) is 0. The van der Waals surface area contributed by atoms with Crippen molar-refractivity contribution in [1.29, 1.82) is 0 Å². The molecule has 0 fully saturated rings. The highest BCUT2D eigenvalue weighted by Crippen LogP contribution is 1.70. The fourth-order valence-corrected chi connectivity index (χ4v) is 0. The van der Waals surface area contributed by atoms with Crippen molar-refractivity contribution in [3.63, 3.8) is 0 Å². The van der Waals surface area contributed by atoms with E-state index in [-0.39, 0.29) is 11.9 Å². The molecule has 7 heteroatoms. The van der Waals surface area contributed by atoms with Crippen molar-refractivity contribution in [2.75, 3.05) is 69.1 Å². The molecule has 0 N–H and O–H groups in total. The summed E-state index contributed by atoms with van der Waals surface area (Å²) in [4.78, 5) is 23.2. The van der Waals surface area contributed by atoms with E-state index in [1.807, 2.05) is 38.6 Å². The summed E-state index contributed by atoms with van der Waals surface area (Å²) in [5.41, 5.74) is 0. The third-order valence-corrected chi connectivity index (χ3v) is 0.917. The lowest BCUT2D eigenvalue weighted by atomic mass is 10.7. The quantitative estimate of drug-likeness (QED) is 0.631. The molecule has 0 atom stereocenters. The molecule has 21 heavy (non-hydrogen) atoms. The number of rotatable bonds is 0. The van der Waals surface area contributed by atoms with E-state index < -0.39 is 0 Å². The first kappa shape index (κ1) is 32.2. The molecular weight excluding hydrogens is 292 g/mol. The van der Waals surface area contributed by atoms with Crippen LogP contribution < -0.4 is 0 Å². The largest absolute Gasteiger partial charge is 0.469 e. The normalized spacial score (nSPS) is 7.29. The van der Waals surface area contributed by atoms with Gasteiger partial charge in [0.1, 0.15) is 0 Å². The molecule has 0 bridgehead atoms. The number of carbonyl (C=O) groups excluding carboxylic acids is 2. The van der Waals surface area contributed by atoms with Gasteiger partial charge in [-0.2, -0.15) is 11.8 Å². The van der Waals surface area contributed by atoms with Crippen LogP contribution in [0.25, 0.3) is 0 Å². The number of amides is 1. The lowest BCUT2D eigenvalue weighted by molar-refractivity contribution is -0.138. The van der Waals surface area contributed by atoms with Gasteiger partial charge in [0, 0.05) is 42.2 Å². The smallest absolute Gasteiger partial charge is 0.302 e. The Kier molecular flexibility index (Phi) is 48.4. The maximum Gasteiger partial charge on any atom is 0.302 e.